The summed E-state index contributed by atoms with van der Waals surface area (Å²) in [6.45, 7) is 0. The number of rotatable bonds is 3. The molecule has 2 aromatic rings. The highest BCUT2D eigenvalue weighted by Gasteiger charge is 2.31. The second-order valence-electron chi connectivity index (χ2n) is 3.88. The maximum absolute atomic E-state index is 12.7. The Balaban J connectivity index is 2.25. The number of ether oxygens (including phenoxy) is 1. The number of hydrogen-bond acceptors (Lipinski definition) is 5. The summed E-state index contributed by atoms with van der Waals surface area (Å²) in [5, 5.41) is 4.30. The number of thiazole rings is 1. The number of alkyl halides is 3. The predicted molar refractivity (Wildman–Crippen MR) is 73.2 cm³/mol. The third kappa shape index (κ3) is 3.85. The summed E-state index contributed by atoms with van der Waals surface area (Å²) in [6, 6.07) is 3.07. The first kappa shape index (κ1) is 15.6. The van der Waals surface area contributed by atoms with E-state index in [1.807, 2.05) is 0 Å². The van der Waals surface area contributed by atoms with E-state index in [-0.39, 0.29) is 21.5 Å². The van der Waals surface area contributed by atoms with Crippen molar-refractivity contribution in [2.24, 2.45) is 0 Å². The van der Waals surface area contributed by atoms with Gasteiger partial charge in [0.05, 0.1) is 12.7 Å². The van der Waals surface area contributed by atoms with Crippen LogP contribution in [0.4, 0.5) is 24.0 Å². The number of carbonyl (C=O) groups is 1. The van der Waals surface area contributed by atoms with Gasteiger partial charge in [-0.25, -0.2) is 9.78 Å². The van der Waals surface area contributed by atoms with Crippen molar-refractivity contribution in [1.29, 1.82) is 0 Å². The van der Waals surface area contributed by atoms with Gasteiger partial charge in [-0.3, -0.25) is 0 Å². The number of nitrogens with one attached hydrogen (secondary N) is 1. The monoisotopic (exact) mass is 336 g/mol. The molecule has 9 heteroatoms. The van der Waals surface area contributed by atoms with Gasteiger partial charge in [-0.2, -0.15) is 13.2 Å². The highest BCUT2D eigenvalue weighted by molar-refractivity contribution is 7.14. The number of anilines is 2. The lowest BCUT2D eigenvalue weighted by Crippen LogP contribution is -2.05. The van der Waals surface area contributed by atoms with E-state index in [1.54, 1.807) is 0 Å². The molecule has 1 aromatic heterocycles. The average molecular weight is 337 g/mol. The molecule has 2 rings (SSSR count). The summed E-state index contributed by atoms with van der Waals surface area (Å²) in [5.41, 5.74) is -0.675. The molecule has 0 fully saturated rings. The molecule has 0 saturated heterocycles. The van der Waals surface area contributed by atoms with E-state index >= 15 is 0 Å². The first-order valence-electron chi connectivity index (χ1n) is 5.48. The van der Waals surface area contributed by atoms with Gasteiger partial charge in [0, 0.05) is 16.1 Å². The topological polar surface area (TPSA) is 51.2 Å². The lowest BCUT2D eigenvalue weighted by Gasteiger charge is -2.10. The van der Waals surface area contributed by atoms with Crippen LogP contribution in [-0.4, -0.2) is 18.1 Å². The molecule has 0 aliphatic carbocycles. The molecule has 4 nitrogen and oxygen atoms in total. The summed E-state index contributed by atoms with van der Waals surface area (Å²) in [4.78, 5) is 15.1. The number of aromatic nitrogens is 1. The minimum atomic E-state index is -4.50. The molecule has 112 valence electrons. The Hall–Kier alpha value is -1.80. The van der Waals surface area contributed by atoms with E-state index in [4.69, 9.17) is 11.6 Å². The van der Waals surface area contributed by atoms with Gasteiger partial charge < -0.3 is 10.1 Å². The molecule has 1 N–H and O–H groups in total. The smallest absolute Gasteiger partial charge is 0.416 e. The highest BCUT2D eigenvalue weighted by atomic mass is 35.5. The van der Waals surface area contributed by atoms with Gasteiger partial charge in [0.1, 0.15) is 0 Å². The largest absolute Gasteiger partial charge is 0.464 e. The van der Waals surface area contributed by atoms with Crippen molar-refractivity contribution in [3.05, 3.63) is 39.9 Å². The first-order chi connectivity index (χ1) is 9.79. The van der Waals surface area contributed by atoms with Crippen molar-refractivity contribution in [1.82, 2.24) is 4.98 Å². The fourth-order valence-corrected chi connectivity index (χ4v) is 2.41. The molecule has 0 amide bonds. The third-order valence-electron chi connectivity index (χ3n) is 2.38. The molecule has 1 aromatic carbocycles. The van der Waals surface area contributed by atoms with Gasteiger partial charge in [-0.1, -0.05) is 11.6 Å². The van der Waals surface area contributed by atoms with Crippen molar-refractivity contribution < 1.29 is 22.7 Å². The minimum absolute atomic E-state index is 0.0583. The summed E-state index contributed by atoms with van der Waals surface area (Å²) in [6.07, 6.45) is -4.50. The fourth-order valence-electron chi connectivity index (χ4n) is 1.48. The van der Waals surface area contributed by atoms with E-state index in [9.17, 15) is 18.0 Å². The van der Waals surface area contributed by atoms with Crippen molar-refractivity contribution in [3.63, 3.8) is 0 Å². The highest BCUT2D eigenvalue weighted by Crippen LogP contribution is 2.34. The molecule has 0 saturated carbocycles. The molecular formula is C12H8ClF3N2O2S. The Morgan fingerprint density at radius 3 is 2.71 bits per heavy atom. The zero-order valence-corrected chi connectivity index (χ0v) is 12.1. The van der Waals surface area contributed by atoms with E-state index < -0.39 is 17.7 Å². The van der Waals surface area contributed by atoms with Crippen LogP contribution in [0.25, 0.3) is 0 Å². The van der Waals surface area contributed by atoms with Crippen LogP contribution < -0.4 is 5.32 Å². The molecule has 0 radical (unpaired) electrons. The molecule has 0 aliphatic rings. The van der Waals surface area contributed by atoms with Gasteiger partial charge in [-0.05, 0) is 18.2 Å². The maximum atomic E-state index is 12.7. The van der Waals surface area contributed by atoms with Crippen LogP contribution in [0.15, 0.2) is 23.6 Å². The van der Waals surface area contributed by atoms with Crippen LogP contribution >= 0.6 is 22.9 Å². The standard InChI is InChI=1S/C12H8ClF3N2O2S/c1-20-10(19)9-5-21-11(18-9)17-8-3-6(12(14,15)16)2-7(13)4-8/h2-5H,1H3,(H,17,18). The fraction of sp³-hybridized carbons (Fsp3) is 0.167. The third-order valence-corrected chi connectivity index (χ3v) is 3.35. The number of esters is 1. The molecule has 0 bridgehead atoms. The summed E-state index contributed by atoms with van der Waals surface area (Å²) in [5.74, 6) is -0.624. The first-order valence-corrected chi connectivity index (χ1v) is 6.74. The second-order valence-corrected chi connectivity index (χ2v) is 5.18. The van der Waals surface area contributed by atoms with Crippen LogP contribution in [0, 0.1) is 0 Å². The summed E-state index contributed by atoms with van der Waals surface area (Å²) in [7, 11) is 1.21. The average Bonchev–Trinajstić information content (AvgIpc) is 2.84. The molecule has 0 aliphatic heterocycles. The van der Waals surface area contributed by atoms with Crippen LogP contribution in [0.2, 0.25) is 5.02 Å². The van der Waals surface area contributed by atoms with E-state index in [2.05, 4.69) is 15.0 Å². The maximum Gasteiger partial charge on any atom is 0.416 e. The van der Waals surface area contributed by atoms with E-state index in [0.717, 1.165) is 23.5 Å². The van der Waals surface area contributed by atoms with Crippen molar-refractivity contribution in [3.8, 4) is 0 Å². The number of nitrogens with zero attached hydrogens (tertiary/aromatic N) is 1. The second kappa shape index (κ2) is 5.90. The number of carbonyl (C=O) groups excluding carboxylic acids is 1. The minimum Gasteiger partial charge on any atom is -0.464 e. The van der Waals surface area contributed by atoms with Crippen LogP contribution in [0.3, 0.4) is 0 Å². The van der Waals surface area contributed by atoms with Crippen molar-refractivity contribution >= 4 is 39.7 Å². The van der Waals surface area contributed by atoms with Gasteiger partial charge in [-0.15, -0.1) is 11.3 Å². The van der Waals surface area contributed by atoms with E-state index in [1.165, 1.54) is 18.6 Å². The zero-order chi connectivity index (χ0) is 15.6. The van der Waals surface area contributed by atoms with Crippen LogP contribution in [0.5, 0.6) is 0 Å². The Kier molecular flexibility index (Phi) is 4.38. The number of halogens is 4. The zero-order valence-electron chi connectivity index (χ0n) is 10.5. The van der Waals surface area contributed by atoms with E-state index in [0.29, 0.717) is 0 Å². The van der Waals surface area contributed by atoms with Crippen molar-refractivity contribution in [2.75, 3.05) is 12.4 Å². The number of benzene rings is 1. The number of methoxy groups -OCH3 is 1. The summed E-state index contributed by atoms with van der Waals surface area (Å²) < 4.78 is 42.5. The molecule has 21 heavy (non-hydrogen) atoms. The normalized spacial score (nSPS) is 11.3. The molecule has 0 atom stereocenters. The van der Waals surface area contributed by atoms with Gasteiger partial charge >= 0.3 is 12.1 Å². The Labute approximate surface area is 126 Å². The molecular weight excluding hydrogens is 329 g/mol. The summed E-state index contributed by atoms with van der Waals surface area (Å²) >= 11 is 6.73. The van der Waals surface area contributed by atoms with Crippen LogP contribution in [0.1, 0.15) is 16.1 Å². The lowest BCUT2D eigenvalue weighted by molar-refractivity contribution is -0.137. The Bertz CT molecular complexity index is 673. The predicted octanol–water partition coefficient (Wildman–Crippen LogP) is 4.35. The van der Waals surface area contributed by atoms with Crippen LogP contribution in [-0.2, 0) is 10.9 Å². The quantitative estimate of drug-likeness (QED) is 0.847. The molecule has 0 spiro atoms. The number of hydrogen-bond donors (Lipinski definition) is 1. The lowest BCUT2D eigenvalue weighted by atomic mass is 10.2. The SMILES string of the molecule is COC(=O)c1csc(Nc2cc(Cl)cc(C(F)(F)F)c2)n1. The van der Waals surface area contributed by atoms with Crippen molar-refractivity contribution in [2.45, 2.75) is 6.18 Å². The van der Waals surface area contributed by atoms with Gasteiger partial charge in [0.15, 0.2) is 10.8 Å². The molecule has 0 unspecified atom stereocenters. The molecule has 1 heterocycles. The van der Waals surface area contributed by atoms with Gasteiger partial charge in [0.2, 0.25) is 0 Å². The Morgan fingerprint density at radius 1 is 1.38 bits per heavy atom. The van der Waals surface area contributed by atoms with Gasteiger partial charge in [0.25, 0.3) is 0 Å². The Morgan fingerprint density at radius 2 is 2.10 bits per heavy atom.